The van der Waals surface area contributed by atoms with Gasteiger partial charge in [-0.05, 0) is 18.2 Å². The van der Waals surface area contributed by atoms with Crippen LogP contribution in [0.5, 0.6) is 0 Å². The van der Waals surface area contributed by atoms with Crippen molar-refractivity contribution in [3.05, 3.63) is 58.4 Å². The summed E-state index contributed by atoms with van der Waals surface area (Å²) >= 11 is 5.88. The van der Waals surface area contributed by atoms with Crippen LogP contribution in [0, 0.1) is 0 Å². The normalized spacial score (nSPS) is 13.5. The first-order chi connectivity index (χ1) is 10.0. The Labute approximate surface area is 124 Å². The van der Waals surface area contributed by atoms with Gasteiger partial charge in [-0.15, -0.1) is 0 Å². The summed E-state index contributed by atoms with van der Waals surface area (Å²) in [6.07, 6.45) is 2.62. The van der Waals surface area contributed by atoms with Crippen LogP contribution in [0.1, 0.15) is 31.1 Å². The van der Waals surface area contributed by atoms with E-state index in [1.807, 2.05) is 0 Å². The smallest absolute Gasteiger partial charge is 0.270 e. The van der Waals surface area contributed by atoms with E-state index in [0.717, 1.165) is 0 Å². The molecular formula is C14H8ClN3O3. The predicted octanol–water partition coefficient (Wildman–Crippen LogP) is 1.75. The van der Waals surface area contributed by atoms with Crippen molar-refractivity contribution < 1.29 is 14.4 Å². The second-order valence-electron chi connectivity index (χ2n) is 4.38. The quantitative estimate of drug-likeness (QED) is 0.640. The first-order valence-corrected chi connectivity index (χ1v) is 6.31. The molecule has 2 N–H and O–H groups in total. The largest absolute Gasteiger partial charge is 0.398 e. The van der Waals surface area contributed by atoms with Gasteiger partial charge in [0.1, 0.15) is 0 Å². The lowest BCUT2D eigenvalue weighted by Gasteiger charge is -2.12. The fraction of sp³-hybridized carbons (Fsp3) is 0. The van der Waals surface area contributed by atoms with E-state index >= 15 is 0 Å². The number of imide groups is 3. The maximum Gasteiger partial charge on any atom is 0.270 e. The van der Waals surface area contributed by atoms with Crippen LogP contribution >= 0.6 is 11.6 Å². The van der Waals surface area contributed by atoms with Gasteiger partial charge in [0, 0.05) is 18.1 Å². The molecule has 2 heterocycles. The molecule has 104 valence electrons. The van der Waals surface area contributed by atoms with E-state index in [1.165, 1.54) is 30.6 Å². The molecule has 0 saturated heterocycles. The summed E-state index contributed by atoms with van der Waals surface area (Å²) in [6, 6.07) is 5.84. The van der Waals surface area contributed by atoms with E-state index in [0.29, 0.717) is 4.90 Å². The Hall–Kier alpha value is -2.73. The van der Waals surface area contributed by atoms with E-state index in [4.69, 9.17) is 17.3 Å². The number of benzene rings is 1. The number of fused-ring (bicyclic) bond motifs is 1. The molecule has 0 fully saturated rings. The highest BCUT2D eigenvalue weighted by Crippen LogP contribution is 2.29. The van der Waals surface area contributed by atoms with Gasteiger partial charge in [0.25, 0.3) is 17.7 Å². The van der Waals surface area contributed by atoms with Crippen molar-refractivity contribution in [3.63, 3.8) is 0 Å². The second kappa shape index (κ2) is 4.68. The van der Waals surface area contributed by atoms with Crippen LogP contribution in [0.4, 0.5) is 5.69 Å². The third kappa shape index (κ3) is 1.88. The predicted molar refractivity (Wildman–Crippen MR) is 74.9 cm³/mol. The first-order valence-electron chi connectivity index (χ1n) is 5.93. The third-order valence-corrected chi connectivity index (χ3v) is 3.45. The molecule has 1 aromatic carbocycles. The highest BCUT2D eigenvalue weighted by molar-refractivity contribution is 6.37. The molecule has 6 nitrogen and oxygen atoms in total. The van der Waals surface area contributed by atoms with Crippen molar-refractivity contribution in [1.29, 1.82) is 0 Å². The SMILES string of the molecule is Nc1cccc2c1C(=O)N(C(=O)c1ccncc1Cl)C2=O. The molecule has 0 atom stereocenters. The first kappa shape index (κ1) is 13.3. The molecule has 0 radical (unpaired) electrons. The Balaban J connectivity index is 2.09. The van der Waals surface area contributed by atoms with E-state index < -0.39 is 17.7 Å². The number of halogens is 1. The topological polar surface area (TPSA) is 93.4 Å². The van der Waals surface area contributed by atoms with Gasteiger partial charge in [0.15, 0.2) is 0 Å². The molecule has 1 aliphatic rings. The minimum absolute atomic E-state index is 0.0275. The minimum atomic E-state index is -0.798. The number of nitrogens with two attached hydrogens (primary N) is 1. The number of hydrogen-bond donors (Lipinski definition) is 1. The standard InChI is InChI=1S/C14H8ClN3O3/c15-9-6-17-5-4-7(9)12(19)18-13(20)8-2-1-3-10(16)11(8)14(18)21/h1-6H,16H2. The van der Waals surface area contributed by atoms with Gasteiger partial charge in [-0.3, -0.25) is 19.4 Å². The molecule has 0 saturated carbocycles. The van der Waals surface area contributed by atoms with Gasteiger partial charge in [-0.1, -0.05) is 17.7 Å². The molecule has 0 aliphatic carbocycles. The average molecular weight is 302 g/mol. The number of amides is 3. The van der Waals surface area contributed by atoms with Crippen molar-refractivity contribution in [2.24, 2.45) is 0 Å². The second-order valence-corrected chi connectivity index (χ2v) is 4.78. The molecule has 2 aromatic rings. The number of anilines is 1. The summed E-state index contributed by atoms with van der Waals surface area (Å²) in [6.45, 7) is 0. The lowest BCUT2D eigenvalue weighted by Crippen LogP contribution is -2.36. The van der Waals surface area contributed by atoms with Crippen LogP contribution in [0.2, 0.25) is 5.02 Å². The monoisotopic (exact) mass is 301 g/mol. The Bertz CT molecular complexity index is 804. The van der Waals surface area contributed by atoms with Crippen molar-refractivity contribution >= 4 is 35.0 Å². The lowest BCUT2D eigenvalue weighted by atomic mass is 10.1. The number of pyridine rings is 1. The van der Waals surface area contributed by atoms with Gasteiger partial charge in [0.2, 0.25) is 0 Å². The zero-order valence-corrected chi connectivity index (χ0v) is 11.3. The summed E-state index contributed by atoms with van der Waals surface area (Å²) in [5, 5.41) is 0.0621. The number of rotatable bonds is 1. The maximum absolute atomic E-state index is 12.4. The van der Waals surface area contributed by atoms with E-state index in [9.17, 15) is 14.4 Å². The van der Waals surface area contributed by atoms with Crippen LogP contribution in [0.15, 0.2) is 36.7 Å². The summed E-state index contributed by atoms with van der Waals surface area (Å²) in [5.41, 5.74) is 6.04. The minimum Gasteiger partial charge on any atom is -0.398 e. The Kier molecular flexibility index (Phi) is 2.95. The lowest BCUT2D eigenvalue weighted by molar-refractivity contribution is 0.0566. The number of aromatic nitrogens is 1. The number of nitrogens with zero attached hydrogens (tertiary/aromatic N) is 2. The fourth-order valence-electron chi connectivity index (χ4n) is 2.17. The van der Waals surface area contributed by atoms with Gasteiger partial charge >= 0.3 is 0 Å². The molecule has 3 rings (SSSR count). The van der Waals surface area contributed by atoms with Crippen LogP contribution in [0.3, 0.4) is 0 Å². The number of carbonyl (C=O) groups is 3. The summed E-state index contributed by atoms with van der Waals surface area (Å²) in [5.74, 6) is -2.25. The molecule has 0 unspecified atom stereocenters. The average Bonchev–Trinajstić information content (AvgIpc) is 2.72. The molecule has 3 amide bonds. The van der Waals surface area contributed by atoms with Crippen LogP contribution in [0.25, 0.3) is 0 Å². The van der Waals surface area contributed by atoms with E-state index in [2.05, 4.69) is 4.98 Å². The van der Waals surface area contributed by atoms with E-state index in [1.54, 1.807) is 6.07 Å². The van der Waals surface area contributed by atoms with Crippen molar-refractivity contribution in [3.8, 4) is 0 Å². The third-order valence-electron chi connectivity index (χ3n) is 3.15. The summed E-state index contributed by atoms with van der Waals surface area (Å²) < 4.78 is 0. The zero-order chi connectivity index (χ0) is 15.1. The molecule has 21 heavy (non-hydrogen) atoms. The van der Waals surface area contributed by atoms with Crippen LogP contribution in [-0.2, 0) is 0 Å². The molecule has 0 spiro atoms. The van der Waals surface area contributed by atoms with Crippen molar-refractivity contribution in [1.82, 2.24) is 9.88 Å². The fourth-order valence-corrected chi connectivity index (χ4v) is 2.37. The Morgan fingerprint density at radius 1 is 1.19 bits per heavy atom. The van der Waals surface area contributed by atoms with Gasteiger partial charge in [-0.2, -0.15) is 0 Å². The summed E-state index contributed by atoms with van der Waals surface area (Å²) in [7, 11) is 0. The number of nitrogen functional groups attached to an aromatic ring is 1. The molecular weight excluding hydrogens is 294 g/mol. The van der Waals surface area contributed by atoms with Gasteiger partial charge < -0.3 is 5.73 Å². The number of hydrogen-bond acceptors (Lipinski definition) is 5. The van der Waals surface area contributed by atoms with E-state index in [-0.39, 0.29) is 27.4 Å². The zero-order valence-electron chi connectivity index (χ0n) is 10.5. The molecule has 1 aliphatic heterocycles. The molecule has 0 bridgehead atoms. The van der Waals surface area contributed by atoms with Crippen molar-refractivity contribution in [2.45, 2.75) is 0 Å². The maximum atomic E-state index is 12.4. The molecule has 1 aromatic heterocycles. The van der Waals surface area contributed by atoms with Crippen LogP contribution in [-0.4, -0.2) is 27.6 Å². The Morgan fingerprint density at radius 3 is 2.62 bits per heavy atom. The van der Waals surface area contributed by atoms with Gasteiger partial charge in [0.05, 0.1) is 21.7 Å². The molecule has 7 heteroatoms. The van der Waals surface area contributed by atoms with Gasteiger partial charge in [-0.25, -0.2) is 4.90 Å². The summed E-state index contributed by atoms with van der Waals surface area (Å²) in [4.78, 5) is 41.3. The highest BCUT2D eigenvalue weighted by Gasteiger charge is 2.41. The highest BCUT2D eigenvalue weighted by atomic mass is 35.5. The van der Waals surface area contributed by atoms with Crippen molar-refractivity contribution in [2.75, 3.05) is 5.73 Å². The van der Waals surface area contributed by atoms with Crippen LogP contribution < -0.4 is 5.73 Å². The Morgan fingerprint density at radius 2 is 1.95 bits per heavy atom. The number of carbonyl (C=O) groups excluding carboxylic acids is 3.